The van der Waals surface area contributed by atoms with Crippen molar-refractivity contribution in [3.8, 4) is 0 Å². The van der Waals surface area contributed by atoms with E-state index >= 15 is 0 Å². The standard InChI is InChI=1S/C15H21FN2O/c1-11(2)17-15(19)8-10-18-9-7-14(18)12-3-5-13(16)6-4-12/h3-6,11,14H,7-10H2,1-2H3,(H,17,19). The highest BCUT2D eigenvalue weighted by molar-refractivity contribution is 5.76. The van der Waals surface area contributed by atoms with Gasteiger partial charge in [-0.3, -0.25) is 9.69 Å². The summed E-state index contributed by atoms with van der Waals surface area (Å²) in [5, 5.41) is 2.89. The summed E-state index contributed by atoms with van der Waals surface area (Å²) < 4.78 is 12.9. The molecule has 1 fully saturated rings. The van der Waals surface area contributed by atoms with Crippen molar-refractivity contribution in [2.75, 3.05) is 13.1 Å². The first-order chi connectivity index (χ1) is 9.06. The molecule has 19 heavy (non-hydrogen) atoms. The monoisotopic (exact) mass is 264 g/mol. The highest BCUT2D eigenvalue weighted by atomic mass is 19.1. The van der Waals surface area contributed by atoms with Crippen LogP contribution < -0.4 is 5.32 Å². The molecular formula is C15H21FN2O. The summed E-state index contributed by atoms with van der Waals surface area (Å²) in [4.78, 5) is 13.9. The zero-order valence-electron chi connectivity index (χ0n) is 11.5. The summed E-state index contributed by atoms with van der Waals surface area (Å²) in [6, 6.07) is 7.19. The molecule has 2 rings (SSSR count). The minimum atomic E-state index is -0.203. The number of hydrogen-bond acceptors (Lipinski definition) is 2. The number of nitrogens with zero attached hydrogens (tertiary/aromatic N) is 1. The van der Waals surface area contributed by atoms with E-state index in [1.807, 2.05) is 26.0 Å². The molecule has 1 unspecified atom stereocenters. The summed E-state index contributed by atoms with van der Waals surface area (Å²) >= 11 is 0. The Balaban J connectivity index is 1.82. The number of carbonyl (C=O) groups excluding carboxylic acids is 1. The normalized spacial score (nSPS) is 19.3. The predicted octanol–water partition coefficient (Wildman–Crippen LogP) is 2.49. The van der Waals surface area contributed by atoms with Crippen LogP contribution in [-0.2, 0) is 4.79 Å². The minimum absolute atomic E-state index is 0.0970. The van der Waals surface area contributed by atoms with Crippen LogP contribution in [0.15, 0.2) is 24.3 Å². The number of likely N-dealkylation sites (tertiary alicyclic amines) is 1. The van der Waals surface area contributed by atoms with E-state index in [0.717, 1.165) is 25.1 Å². The highest BCUT2D eigenvalue weighted by Crippen LogP contribution is 2.32. The Morgan fingerprint density at radius 2 is 2.11 bits per heavy atom. The minimum Gasteiger partial charge on any atom is -0.354 e. The van der Waals surface area contributed by atoms with Crippen molar-refractivity contribution in [2.45, 2.75) is 38.8 Å². The van der Waals surface area contributed by atoms with E-state index in [1.54, 1.807) is 0 Å². The molecule has 1 atom stereocenters. The topological polar surface area (TPSA) is 32.3 Å². The summed E-state index contributed by atoms with van der Waals surface area (Å²) in [6.45, 7) is 5.70. The molecule has 104 valence electrons. The van der Waals surface area contributed by atoms with E-state index in [2.05, 4.69) is 10.2 Å². The van der Waals surface area contributed by atoms with Crippen molar-refractivity contribution in [1.82, 2.24) is 10.2 Å². The molecule has 0 saturated carbocycles. The second-order valence-electron chi connectivity index (χ2n) is 5.36. The largest absolute Gasteiger partial charge is 0.354 e. The van der Waals surface area contributed by atoms with Crippen LogP contribution in [-0.4, -0.2) is 29.9 Å². The first-order valence-corrected chi connectivity index (χ1v) is 6.85. The molecule has 0 bridgehead atoms. The van der Waals surface area contributed by atoms with Gasteiger partial charge in [-0.2, -0.15) is 0 Å². The lowest BCUT2D eigenvalue weighted by Gasteiger charge is -2.41. The van der Waals surface area contributed by atoms with E-state index in [9.17, 15) is 9.18 Å². The molecule has 1 aliphatic heterocycles. The Morgan fingerprint density at radius 3 is 2.63 bits per heavy atom. The number of hydrogen-bond donors (Lipinski definition) is 1. The lowest BCUT2D eigenvalue weighted by Crippen LogP contribution is -2.43. The third kappa shape index (κ3) is 3.77. The first kappa shape index (κ1) is 14.0. The van der Waals surface area contributed by atoms with Crippen LogP contribution in [0.1, 0.15) is 38.3 Å². The van der Waals surface area contributed by atoms with Crippen LogP contribution in [0.2, 0.25) is 0 Å². The molecule has 1 aromatic carbocycles. The molecule has 1 heterocycles. The van der Waals surface area contributed by atoms with Gasteiger partial charge in [-0.1, -0.05) is 12.1 Å². The zero-order valence-corrected chi connectivity index (χ0v) is 11.5. The van der Waals surface area contributed by atoms with Crippen molar-refractivity contribution < 1.29 is 9.18 Å². The van der Waals surface area contributed by atoms with Gasteiger partial charge in [0.25, 0.3) is 0 Å². The SMILES string of the molecule is CC(C)NC(=O)CCN1CCC1c1ccc(F)cc1. The van der Waals surface area contributed by atoms with Gasteiger partial charge in [0.05, 0.1) is 0 Å². The van der Waals surface area contributed by atoms with Crippen LogP contribution in [0, 0.1) is 5.82 Å². The average Bonchev–Trinajstić information content (AvgIpc) is 2.30. The summed E-state index contributed by atoms with van der Waals surface area (Å²) in [5.41, 5.74) is 1.14. The maximum atomic E-state index is 12.9. The van der Waals surface area contributed by atoms with Crippen molar-refractivity contribution in [2.24, 2.45) is 0 Å². The fourth-order valence-corrected chi connectivity index (χ4v) is 2.41. The molecule has 0 radical (unpaired) electrons. The van der Waals surface area contributed by atoms with E-state index in [4.69, 9.17) is 0 Å². The molecule has 1 N–H and O–H groups in total. The lowest BCUT2D eigenvalue weighted by atomic mass is 9.94. The van der Waals surface area contributed by atoms with Crippen molar-refractivity contribution in [3.05, 3.63) is 35.6 Å². The van der Waals surface area contributed by atoms with Gasteiger partial charge in [0, 0.05) is 31.6 Å². The number of halogens is 1. The molecule has 3 nitrogen and oxygen atoms in total. The maximum Gasteiger partial charge on any atom is 0.221 e. The molecule has 1 saturated heterocycles. The lowest BCUT2D eigenvalue weighted by molar-refractivity contribution is -0.122. The number of carbonyl (C=O) groups is 1. The predicted molar refractivity (Wildman–Crippen MR) is 73.2 cm³/mol. The molecule has 1 amide bonds. The Bertz CT molecular complexity index is 430. The van der Waals surface area contributed by atoms with E-state index in [-0.39, 0.29) is 17.8 Å². The van der Waals surface area contributed by atoms with E-state index < -0.39 is 0 Å². The Labute approximate surface area is 113 Å². The molecule has 0 aromatic heterocycles. The molecule has 1 aromatic rings. The third-order valence-electron chi connectivity index (χ3n) is 3.46. The molecule has 0 spiro atoms. The van der Waals surface area contributed by atoms with Crippen LogP contribution in [0.5, 0.6) is 0 Å². The zero-order chi connectivity index (χ0) is 13.8. The second kappa shape index (κ2) is 6.15. The van der Waals surface area contributed by atoms with Crippen LogP contribution in [0.25, 0.3) is 0 Å². The van der Waals surface area contributed by atoms with Gasteiger partial charge in [0.2, 0.25) is 5.91 Å². The van der Waals surface area contributed by atoms with Gasteiger partial charge in [0.15, 0.2) is 0 Å². The average molecular weight is 264 g/mol. The third-order valence-corrected chi connectivity index (χ3v) is 3.46. The fourth-order valence-electron chi connectivity index (χ4n) is 2.41. The number of rotatable bonds is 5. The van der Waals surface area contributed by atoms with E-state index in [1.165, 1.54) is 12.1 Å². The number of amides is 1. The number of nitrogens with one attached hydrogen (secondary N) is 1. The van der Waals surface area contributed by atoms with Gasteiger partial charge in [-0.25, -0.2) is 4.39 Å². The Kier molecular flexibility index (Phi) is 4.53. The Hall–Kier alpha value is -1.42. The summed E-state index contributed by atoms with van der Waals surface area (Å²) in [6.07, 6.45) is 1.60. The van der Waals surface area contributed by atoms with E-state index in [0.29, 0.717) is 12.5 Å². The van der Waals surface area contributed by atoms with Gasteiger partial charge < -0.3 is 5.32 Å². The van der Waals surface area contributed by atoms with Gasteiger partial charge >= 0.3 is 0 Å². The smallest absolute Gasteiger partial charge is 0.221 e. The molecular weight excluding hydrogens is 243 g/mol. The first-order valence-electron chi connectivity index (χ1n) is 6.85. The maximum absolute atomic E-state index is 12.9. The summed E-state index contributed by atoms with van der Waals surface area (Å²) in [5.74, 6) is -0.106. The van der Waals surface area contributed by atoms with Crippen molar-refractivity contribution >= 4 is 5.91 Å². The molecule has 1 aliphatic rings. The van der Waals surface area contributed by atoms with Crippen LogP contribution >= 0.6 is 0 Å². The highest BCUT2D eigenvalue weighted by Gasteiger charge is 2.29. The molecule has 0 aliphatic carbocycles. The number of benzene rings is 1. The van der Waals surface area contributed by atoms with Gasteiger partial charge in [-0.15, -0.1) is 0 Å². The van der Waals surface area contributed by atoms with Gasteiger partial charge in [0.1, 0.15) is 5.82 Å². The Morgan fingerprint density at radius 1 is 1.42 bits per heavy atom. The molecule has 4 heteroatoms. The van der Waals surface area contributed by atoms with Crippen molar-refractivity contribution in [1.29, 1.82) is 0 Å². The second-order valence-corrected chi connectivity index (χ2v) is 5.36. The van der Waals surface area contributed by atoms with Crippen LogP contribution in [0.4, 0.5) is 4.39 Å². The quantitative estimate of drug-likeness (QED) is 0.886. The van der Waals surface area contributed by atoms with Crippen LogP contribution in [0.3, 0.4) is 0 Å². The van der Waals surface area contributed by atoms with Crippen molar-refractivity contribution in [3.63, 3.8) is 0 Å². The fraction of sp³-hybridized carbons (Fsp3) is 0.533. The summed E-state index contributed by atoms with van der Waals surface area (Å²) in [7, 11) is 0. The van der Waals surface area contributed by atoms with Gasteiger partial charge in [-0.05, 0) is 38.0 Å².